The minimum atomic E-state index is -0.203. The van der Waals surface area contributed by atoms with Crippen LogP contribution in [-0.4, -0.2) is 27.3 Å². The van der Waals surface area contributed by atoms with E-state index in [0.717, 1.165) is 10.4 Å². The van der Waals surface area contributed by atoms with Gasteiger partial charge in [-0.2, -0.15) is 0 Å². The third kappa shape index (κ3) is 1.77. The third-order valence-electron chi connectivity index (χ3n) is 2.92. The maximum atomic E-state index is 11.7. The molecule has 0 fully saturated rings. The average molecular weight is 281 g/mol. The van der Waals surface area contributed by atoms with Crippen LogP contribution in [0, 0.1) is 0 Å². The van der Waals surface area contributed by atoms with Crippen molar-refractivity contribution in [3.05, 3.63) is 23.5 Å². The zero-order valence-corrected chi connectivity index (χ0v) is 11.1. The highest BCUT2D eigenvalue weighted by Gasteiger charge is 2.30. The molecule has 1 atom stereocenters. The number of aromatic nitrogens is 3. The number of hydrogen-bond acceptors (Lipinski definition) is 6. The Hall–Kier alpha value is -1.53. The fraction of sp³-hybridized carbons (Fsp3) is 0.273. The number of carbonyl (C=O) groups is 1. The topological polar surface area (TPSA) is 59.0 Å². The third-order valence-corrected chi connectivity index (χ3v) is 3.97. The van der Waals surface area contributed by atoms with Crippen LogP contribution in [0.5, 0.6) is 0 Å². The van der Waals surface area contributed by atoms with Crippen molar-refractivity contribution in [1.29, 1.82) is 0 Å². The summed E-state index contributed by atoms with van der Waals surface area (Å²) < 4.78 is 1.35. The first-order valence-corrected chi connectivity index (χ1v) is 6.60. The van der Waals surface area contributed by atoms with Crippen molar-refractivity contribution in [3.8, 4) is 10.7 Å². The maximum Gasteiger partial charge on any atom is 0.173 e. The van der Waals surface area contributed by atoms with Gasteiger partial charge in [-0.05, 0) is 0 Å². The summed E-state index contributed by atoms with van der Waals surface area (Å²) in [4.78, 5) is 25.3. The van der Waals surface area contributed by atoms with Gasteiger partial charge < -0.3 is 0 Å². The molecule has 0 amide bonds. The van der Waals surface area contributed by atoms with Crippen LogP contribution in [0.3, 0.4) is 0 Å². The Morgan fingerprint density at radius 3 is 3.06 bits per heavy atom. The zero-order valence-electron chi connectivity index (χ0n) is 9.50. The van der Waals surface area contributed by atoms with E-state index in [1.807, 2.05) is 6.92 Å². The number of ketones is 1. The molecule has 92 valence electrons. The number of fused-ring (bicyclic) bond motifs is 1. The van der Waals surface area contributed by atoms with Gasteiger partial charge in [-0.1, -0.05) is 6.92 Å². The van der Waals surface area contributed by atoms with Crippen molar-refractivity contribution in [2.45, 2.75) is 12.8 Å². The monoisotopic (exact) mass is 280 g/mol. The highest BCUT2D eigenvalue weighted by Crippen LogP contribution is 2.33. The smallest absolute Gasteiger partial charge is 0.173 e. The Labute approximate surface area is 113 Å². The largest absolute Gasteiger partial charge is 0.297 e. The van der Waals surface area contributed by atoms with Gasteiger partial charge in [0.2, 0.25) is 0 Å². The van der Waals surface area contributed by atoms with Crippen LogP contribution in [0.2, 0.25) is 0 Å². The lowest BCUT2D eigenvalue weighted by Crippen LogP contribution is -2.32. The fourth-order valence-corrected chi connectivity index (χ4v) is 2.66. The van der Waals surface area contributed by atoms with Gasteiger partial charge in [-0.25, -0.2) is 9.97 Å². The van der Waals surface area contributed by atoms with Gasteiger partial charge >= 0.3 is 0 Å². The van der Waals surface area contributed by atoms with Crippen LogP contribution in [0.1, 0.15) is 18.4 Å². The van der Waals surface area contributed by atoms with Crippen LogP contribution in [0.4, 0.5) is 5.82 Å². The van der Waals surface area contributed by atoms with Crippen LogP contribution in [0.15, 0.2) is 17.9 Å². The van der Waals surface area contributed by atoms with Gasteiger partial charge in [0, 0.05) is 35.7 Å². The van der Waals surface area contributed by atoms with E-state index in [1.165, 1.54) is 15.8 Å². The van der Waals surface area contributed by atoms with E-state index in [0.29, 0.717) is 11.6 Å². The summed E-state index contributed by atoms with van der Waals surface area (Å²) in [5, 5.41) is 0. The molecule has 7 heteroatoms. The lowest BCUT2D eigenvalue weighted by atomic mass is 9.95. The number of carbonyl (C=O) groups excluding carboxylic acids is 1. The van der Waals surface area contributed by atoms with Crippen molar-refractivity contribution in [1.82, 2.24) is 15.0 Å². The summed E-state index contributed by atoms with van der Waals surface area (Å²) in [7, 11) is 0. The van der Waals surface area contributed by atoms with E-state index >= 15 is 0 Å². The molecule has 1 unspecified atom stereocenters. The first-order valence-electron chi connectivity index (χ1n) is 5.38. The van der Waals surface area contributed by atoms with Crippen LogP contribution in [-0.2, 0) is 4.79 Å². The summed E-state index contributed by atoms with van der Waals surface area (Å²) in [5.74, 6) is 1.07. The van der Waals surface area contributed by atoms with Crippen LogP contribution < -0.4 is 4.42 Å². The molecule has 0 saturated heterocycles. The van der Waals surface area contributed by atoms with Gasteiger partial charge in [0.05, 0.1) is 16.9 Å². The van der Waals surface area contributed by atoms with Crippen LogP contribution >= 0.6 is 23.1 Å². The van der Waals surface area contributed by atoms with Gasteiger partial charge in [-0.15, -0.1) is 11.3 Å². The number of nitrogens with zero attached hydrogens (tertiary/aromatic N) is 4. The van der Waals surface area contributed by atoms with Crippen LogP contribution in [0.25, 0.3) is 10.7 Å². The van der Waals surface area contributed by atoms with Crippen molar-refractivity contribution in [2.75, 3.05) is 11.0 Å². The van der Waals surface area contributed by atoms with Gasteiger partial charge in [0.15, 0.2) is 17.4 Å². The number of anilines is 1. The number of thiazole rings is 1. The molecular weight excluding hydrogens is 272 g/mol. The zero-order chi connectivity index (χ0) is 12.7. The Balaban J connectivity index is 2.10. The molecule has 3 rings (SSSR count). The molecule has 2 aromatic heterocycles. The standard InChI is InChI=1S/C11H9ClN4OS/c1-6-7-2-14-10(9-3-13-5-18-9)15-11(7)16(12)4-8(6)17/h2-3,5-6H,4H2,1H3. The van der Waals surface area contributed by atoms with Crippen molar-refractivity contribution in [3.63, 3.8) is 0 Å². The number of halogens is 1. The Morgan fingerprint density at radius 2 is 2.33 bits per heavy atom. The predicted molar refractivity (Wildman–Crippen MR) is 69.8 cm³/mol. The second-order valence-corrected chi connectivity index (χ2v) is 5.34. The summed E-state index contributed by atoms with van der Waals surface area (Å²) in [6.07, 6.45) is 3.39. The Bertz CT molecular complexity index is 601. The molecule has 2 aromatic rings. The second-order valence-electron chi connectivity index (χ2n) is 4.05. The van der Waals surface area contributed by atoms with E-state index in [2.05, 4.69) is 15.0 Å². The fourth-order valence-electron chi connectivity index (χ4n) is 1.85. The Morgan fingerprint density at radius 1 is 1.50 bits per heavy atom. The second kappa shape index (κ2) is 4.29. The quantitative estimate of drug-likeness (QED) is 0.750. The summed E-state index contributed by atoms with van der Waals surface area (Å²) in [6.45, 7) is 2.02. The van der Waals surface area contributed by atoms with Crippen molar-refractivity contribution >= 4 is 34.7 Å². The SMILES string of the molecule is CC1C(=O)CN(Cl)c2nc(-c3cncs3)ncc21. The van der Waals surface area contributed by atoms with E-state index in [9.17, 15) is 4.79 Å². The molecule has 18 heavy (non-hydrogen) atoms. The molecule has 0 bridgehead atoms. The van der Waals surface area contributed by atoms with Crippen molar-refractivity contribution in [2.24, 2.45) is 0 Å². The normalized spacial score (nSPS) is 18.9. The van der Waals surface area contributed by atoms with E-state index < -0.39 is 0 Å². The molecule has 0 aliphatic carbocycles. The molecule has 0 N–H and O–H groups in total. The average Bonchev–Trinajstić information content (AvgIpc) is 2.89. The number of rotatable bonds is 1. The first-order chi connectivity index (χ1) is 8.66. The Kier molecular flexibility index (Phi) is 2.76. The molecule has 1 aliphatic heterocycles. The highest BCUT2D eigenvalue weighted by atomic mass is 35.5. The molecule has 3 heterocycles. The molecule has 0 aromatic carbocycles. The molecule has 0 spiro atoms. The lowest BCUT2D eigenvalue weighted by Gasteiger charge is -2.26. The minimum Gasteiger partial charge on any atom is -0.297 e. The minimum absolute atomic E-state index is 0.0756. The van der Waals surface area contributed by atoms with E-state index in [4.69, 9.17) is 11.8 Å². The predicted octanol–water partition coefficient (Wildman–Crippen LogP) is 2.25. The molecule has 5 nitrogen and oxygen atoms in total. The van der Waals surface area contributed by atoms with Crippen molar-refractivity contribution < 1.29 is 4.79 Å². The van der Waals surface area contributed by atoms with Gasteiger partial charge in [0.1, 0.15) is 0 Å². The molecule has 0 saturated carbocycles. The molecule has 0 radical (unpaired) electrons. The molecule has 1 aliphatic rings. The summed E-state index contributed by atoms with van der Waals surface area (Å²) in [6, 6.07) is 0. The highest BCUT2D eigenvalue weighted by molar-refractivity contribution is 7.13. The maximum absolute atomic E-state index is 11.7. The van der Waals surface area contributed by atoms with Gasteiger partial charge in [0.25, 0.3) is 0 Å². The number of Topliss-reactive ketones (excluding diaryl/α,β-unsaturated/α-hetero) is 1. The summed E-state index contributed by atoms with van der Waals surface area (Å²) in [5.41, 5.74) is 2.50. The van der Waals surface area contributed by atoms with E-state index in [1.54, 1.807) is 17.9 Å². The lowest BCUT2D eigenvalue weighted by molar-refractivity contribution is -0.119. The molecular formula is C11H9ClN4OS. The summed E-state index contributed by atoms with van der Waals surface area (Å²) >= 11 is 7.52. The first kappa shape index (κ1) is 11.6. The van der Waals surface area contributed by atoms with Gasteiger partial charge in [-0.3, -0.25) is 14.2 Å². The number of hydrogen-bond donors (Lipinski definition) is 0. The van der Waals surface area contributed by atoms with E-state index in [-0.39, 0.29) is 18.2 Å².